The fraction of sp³-hybridized carbons (Fsp3) is 0.292. The molecule has 4 heteroatoms. The van der Waals surface area contributed by atoms with Crippen LogP contribution in [0.3, 0.4) is 0 Å². The lowest BCUT2D eigenvalue weighted by atomic mass is 9.86. The van der Waals surface area contributed by atoms with Crippen LogP contribution in [0.15, 0.2) is 77.9 Å². The summed E-state index contributed by atoms with van der Waals surface area (Å²) in [6.07, 6.45) is 3.29. The number of rotatable bonds is 2. The maximum atomic E-state index is 13.4. The number of para-hydroxylation sites is 1. The highest BCUT2D eigenvalue weighted by Gasteiger charge is 2.46. The van der Waals surface area contributed by atoms with E-state index in [4.69, 9.17) is 4.74 Å². The molecule has 0 saturated heterocycles. The predicted molar refractivity (Wildman–Crippen MR) is 107 cm³/mol. The fourth-order valence-corrected chi connectivity index (χ4v) is 4.08. The van der Waals surface area contributed by atoms with E-state index < -0.39 is 17.2 Å². The summed E-state index contributed by atoms with van der Waals surface area (Å²) in [5.74, 6) is 0.526. The van der Waals surface area contributed by atoms with Crippen molar-refractivity contribution in [2.24, 2.45) is 0 Å². The molecule has 0 amide bonds. The first-order valence-electron chi connectivity index (χ1n) is 9.49. The van der Waals surface area contributed by atoms with Gasteiger partial charge in [-0.25, -0.2) is 0 Å². The Labute approximate surface area is 165 Å². The van der Waals surface area contributed by atoms with Gasteiger partial charge in [-0.05, 0) is 57.0 Å². The van der Waals surface area contributed by atoms with Crippen molar-refractivity contribution < 1.29 is 14.7 Å². The molecule has 2 aromatic rings. The van der Waals surface area contributed by atoms with Crippen molar-refractivity contribution in [3.8, 4) is 5.75 Å². The molecule has 2 aromatic carbocycles. The quantitative estimate of drug-likeness (QED) is 0.689. The largest absolute Gasteiger partial charge is 0.480 e. The van der Waals surface area contributed by atoms with Crippen molar-refractivity contribution in [3.63, 3.8) is 0 Å². The van der Waals surface area contributed by atoms with Crippen molar-refractivity contribution in [1.82, 2.24) is 5.06 Å². The van der Waals surface area contributed by atoms with Crippen LogP contribution in [-0.4, -0.2) is 21.9 Å². The van der Waals surface area contributed by atoms with Gasteiger partial charge < -0.3 is 4.74 Å². The molecule has 2 aliphatic rings. The highest BCUT2D eigenvalue weighted by Crippen LogP contribution is 2.43. The Hall–Kier alpha value is -2.69. The van der Waals surface area contributed by atoms with E-state index in [1.54, 1.807) is 6.07 Å². The summed E-state index contributed by atoms with van der Waals surface area (Å²) in [5, 5.41) is 13.8. The van der Waals surface area contributed by atoms with Crippen LogP contribution in [0, 0.1) is 0 Å². The van der Waals surface area contributed by atoms with Gasteiger partial charge in [0, 0.05) is 5.57 Å². The van der Waals surface area contributed by atoms with E-state index in [0.29, 0.717) is 16.9 Å². The topological polar surface area (TPSA) is 49.4 Å². The number of carbonyl (C=O) groups excluding carboxylic acids is 1. The summed E-state index contributed by atoms with van der Waals surface area (Å²) in [5.41, 5.74) is 1.49. The zero-order valence-electron chi connectivity index (χ0n) is 16.6. The van der Waals surface area contributed by atoms with Gasteiger partial charge >= 0.3 is 0 Å². The van der Waals surface area contributed by atoms with Gasteiger partial charge in [0.2, 0.25) is 0 Å². The molecule has 0 aromatic heterocycles. The lowest BCUT2D eigenvalue weighted by Crippen LogP contribution is -2.46. The first-order chi connectivity index (χ1) is 13.2. The van der Waals surface area contributed by atoms with Gasteiger partial charge in [0.25, 0.3) is 0 Å². The number of fused-ring (bicyclic) bond motifs is 1. The zero-order chi connectivity index (χ0) is 20.1. The number of carbonyl (C=O) groups is 1. The third-order valence-corrected chi connectivity index (χ3v) is 5.58. The van der Waals surface area contributed by atoms with Crippen LogP contribution in [0.4, 0.5) is 0 Å². The molecule has 143 valence electrons. The van der Waals surface area contributed by atoms with Gasteiger partial charge in [0.05, 0.1) is 16.6 Å². The molecule has 1 atom stereocenters. The van der Waals surface area contributed by atoms with Crippen molar-refractivity contribution in [3.05, 3.63) is 89.0 Å². The molecule has 2 aliphatic heterocycles. The number of Topliss-reactive ketones (excluding diaryl/α,β-unsaturated/α-hetero) is 1. The van der Waals surface area contributed by atoms with Gasteiger partial charge in [0.15, 0.2) is 11.9 Å². The number of hydroxylamine groups is 2. The lowest BCUT2D eigenvalue weighted by molar-refractivity contribution is -0.238. The second-order valence-corrected chi connectivity index (χ2v) is 8.44. The molecule has 1 unspecified atom stereocenters. The number of ether oxygens (including phenoxy) is 1. The molecule has 0 aliphatic carbocycles. The molecule has 1 radical (unpaired) electrons. The minimum Gasteiger partial charge on any atom is -0.480 e. The van der Waals surface area contributed by atoms with Gasteiger partial charge in [-0.1, -0.05) is 48.5 Å². The van der Waals surface area contributed by atoms with E-state index >= 15 is 0 Å². The summed E-state index contributed by atoms with van der Waals surface area (Å²) >= 11 is 0. The fourth-order valence-electron chi connectivity index (χ4n) is 4.08. The first-order valence-corrected chi connectivity index (χ1v) is 9.49. The van der Waals surface area contributed by atoms with Crippen LogP contribution >= 0.6 is 0 Å². The molecule has 28 heavy (non-hydrogen) atoms. The average molecular weight is 374 g/mol. The Balaban J connectivity index is 1.87. The number of ketones is 1. The molecule has 4 rings (SSSR count). The minimum absolute atomic E-state index is 0.0606. The van der Waals surface area contributed by atoms with Gasteiger partial charge in [0.1, 0.15) is 5.75 Å². The summed E-state index contributed by atoms with van der Waals surface area (Å²) in [7, 11) is 0. The number of benzene rings is 2. The minimum atomic E-state index is -0.727. The lowest BCUT2D eigenvalue weighted by Gasteiger charge is -2.34. The third kappa shape index (κ3) is 2.89. The summed E-state index contributed by atoms with van der Waals surface area (Å²) in [6.45, 7) is 7.54. The van der Waals surface area contributed by atoms with E-state index in [-0.39, 0.29) is 5.78 Å². The number of nitrogens with zero attached hydrogens (tertiary/aromatic N) is 1. The molecule has 0 bridgehead atoms. The molecule has 0 fully saturated rings. The Morgan fingerprint density at radius 3 is 2.25 bits per heavy atom. The maximum absolute atomic E-state index is 13.4. The van der Waals surface area contributed by atoms with Crippen LogP contribution < -0.4 is 4.74 Å². The second-order valence-electron chi connectivity index (χ2n) is 8.44. The normalized spacial score (nSPS) is 24.6. The van der Waals surface area contributed by atoms with Crippen LogP contribution in [0.25, 0.3) is 0 Å². The predicted octanol–water partition coefficient (Wildman–Crippen LogP) is 5.07. The second kappa shape index (κ2) is 6.43. The SMILES string of the molecule is CC1(C)C=C(/C=C2\C(=O)c3ccccc3OC2c2ccccc2)C(C)(C)N1[O]. The van der Waals surface area contributed by atoms with Crippen LogP contribution in [0.2, 0.25) is 0 Å². The Morgan fingerprint density at radius 1 is 0.964 bits per heavy atom. The van der Waals surface area contributed by atoms with Gasteiger partial charge in [-0.2, -0.15) is 0 Å². The van der Waals surface area contributed by atoms with Gasteiger partial charge in [-0.3, -0.25) is 4.79 Å². The highest BCUT2D eigenvalue weighted by atomic mass is 16.5. The van der Waals surface area contributed by atoms with Crippen molar-refractivity contribution in [2.75, 3.05) is 0 Å². The van der Waals surface area contributed by atoms with Crippen molar-refractivity contribution in [2.45, 2.75) is 44.9 Å². The molecule has 4 nitrogen and oxygen atoms in total. The average Bonchev–Trinajstić information content (AvgIpc) is 2.83. The highest BCUT2D eigenvalue weighted by molar-refractivity contribution is 6.12. The molecular formula is C24H24NO3. The first kappa shape index (κ1) is 18.7. The third-order valence-electron chi connectivity index (χ3n) is 5.58. The van der Waals surface area contributed by atoms with Crippen LogP contribution in [-0.2, 0) is 5.21 Å². The summed E-state index contributed by atoms with van der Waals surface area (Å²) < 4.78 is 6.25. The summed E-state index contributed by atoms with van der Waals surface area (Å²) in [4.78, 5) is 13.4. The van der Waals surface area contributed by atoms with Gasteiger partial charge in [-0.15, -0.1) is 10.3 Å². The molecule has 0 saturated carbocycles. The van der Waals surface area contributed by atoms with E-state index in [1.165, 1.54) is 0 Å². The molecule has 2 heterocycles. The van der Waals surface area contributed by atoms with E-state index in [2.05, 4.69) is 0 Å². The number of hydrogen-bond donors (Lipinski definition) is 0. The standard InChI is InChI=1S/C24H24NO3/c1-23(2)15-17(24(3,4)25(23)27)14-19-21(26)18-12-8-9-13-20(18)28-22(19)16-10-6-5-7-11-16/h5-15,22H,1-4H3/b19-14+. The van der Waals surface area contributed by atoms with Crippen LogP contribution in [0.5, 0.6) is 5.75 Å². The summed E-state index contributed by atoms with van der Waals surface area (Å²) in [6, 6.07) is 17.0. The van der Waals surface area contributed by atoms with E-state index in [9.17, 15) is 10.0 Å². The smallest absolute Gasteiger partial charge is 0.196 e. The Bertz CT molecular complexity index is 986. The van der Waals surface area contributed by atoms with Crippen molar-refractivity contribution >= 4 is 5.78 Å². The maximum Gasteiger partial charge on any atom is 0.196 e. The Morgan fingerprint density at radius 2 is 1.61 bits per heavy atom. The van der Waals surface area contributed by atoms with Crippen LogP contribution in [0.1, 0.15) is 49.7 Å². The Kier molecular flexibility index (Phi) is 4.29. The van der Waals surface area contributed by atoms with E-state index in [1.807, 2.05) is 88.4 Å². The van der Waals surface area contributed by atoms with Crippen molar-refractivity contribution in [1.29, 1.82) is 0 Å². The molecule has 0 N–H and O–H groups in total. The number of hydrogen-bond acceptors (Lipinski definition) is 3. The molecular weight excluding hydrogens is 350 g/mol. The zero-order valence-corrected chi connectivity index (χ0v) is 16.6. The molecule has 0 spiro atoms. The van der Waals surface area contributed by atoms with E-state index in [0.717, 1.165) is 16.2 Å². The monoisotopic (exact) mass is 374 g/mol.